The molecule has 0 saturated heterocycles. The van der Waals surface area contributed by atoms with E-state index in [1.54, 1.807) is 0 Å². The first-order valence-electron chi connectivity index (χ1n) is 5.65. The third-order valence-electron chi connectivity index (χ3n) is 3.16. The molecule has 0 heterocycles. The van der Waals surface area contributed by atoms with Crippen molar-refractivity contribution in [3.63, 3.8) is 0 Å². The number of methoxy groups -OCH3 is 1. The van der Waals surface area contributed by atoms with Gasteiger partial charge >= 0.3 is 5.97 Å². The minimum absolute atomic E-state index is 0.245. The molecule has 0 unspecified atom stereocenters. The van der Waals surface area contributed by atoms with E-state index in [1.807, 2.05) is 6.07 Å². The second-order valence-electron chi connectivity index (χ2n) is 4.27. The molecule has 0 fully saturated rings. The van der Waals surface area contributed by atoms with Crippen LogP contribution in [0.5, 0.6) is 0 Å². The Balaban J connectivity index is 2.12. The molecule has 16 heavy (non-hydrogen) atoms. The van der Waals surface area contributed by atoms with Crippen LogP contribution in [0.25, 0.3) is 0 Å². The predicted octanol–water partition coefficient (Wildman–Crippen LogP) is 1.74. The fourth-order valence-electron chi connectivity index (χ4n) is 2.20. The van der Waals surface area contributed by atoms with E-state index in [4.69, 9.17) is 5.73 Å². The monoisotopic (exact) mass is 219 g/mol. The number of aryl methyl sites for hydroxylation is 2. The molecule has 0 amide bonds. The topological polar surface area (TPSA) is 52.3 Å². The van der Waals surface area contributed by atoms with Crippen molar-refractivity contribution in [2.45, 2.75) is 31.7 Å². The average molecular weight is 219 g/mol. The van der Waals surface area contributed by atoms with Gasteiger partial charge < -0.3 is 10.5 Å². The van der Waals surface area contributed by atoms with Crippen LogP contribution in [0.1, 0.15) is 35.6 Å². The number of carbonyl (C=O) groups is 1. The molecule has 0 bridgehead atoms. The van der Waals surface area contributed by atoms with Crippen molar-refractivity contribution in [3.05, 3.63) is 34.9 Å². The molecule has 86 valence electrons. The minimum atomic E-state index is -0.256. The number of hydrogen-bond acceptors (Lipinski definition) is 3. The molecule has 3 nitrogen and oxygen atoms in total. The van der Waals surface area contributed by atoms with Gasteiger partial charge in [-0.3, -0.25) is 4.79 Å². The maximum Gasteiger partial charge on any atom is 0.307 e. The maximum absolute atomic E-state index is 11.1. The summed E-state index contributed by atoms with van der Waals surface area (Å²) in [4.78, 5) is 11.1. The Morgan fingerprint density at radius 3 is 2.94 bits per heavy atom. The second-order valence-corrected chi connectivity index (χ2v) is 4.27. The highest BCUT2D eigenvalue weighted by Gasteiger charge is 2.15. The van der Waals surface area contributed by atoms with Crippen LogP contribution in [-0.4, -0.2) is 13.1 Å². The largest absolute Gasteiger partial charge is 0.469 e. The number of ether oxygens (including phenoxy) is 1. The van der Waals surface area contributed by atoms with Crippen LogP contribution < -0.4 is 5.73 Å². The molecule has 1 aliphatic rings. The van der Waals surface area contributed by atoms with Gasteiger partial charge in [0.15, 0.2) is 0 Å². The van der Waals surface area contributed by atoms with Crippen molar-refractivity contribution < 1.29 is 9.53 Å². The Morgan fingerprint density at radius 2 is 2.19 bits per heavy atom. The van der Waals surface area contributed by atoms with Gasteiger partial charge in [-0.1, -0.05) is 18.2 Å². The Labute approximate surface area is 95.6 Å². The highest BCUT2D eigenvalue weighted by atomic mass is 16.5. The zero-order valence-electron chi connectivity index (χ0n) is 9.53. The van der Waals surface area contributed by atoms with Crippen molar-refractivity contribution >= 4 is 5.97 Å². The van der Waals surface area contributed by atoms with Crippen LogP contribution in [0.3, 0.4) is 0 Å². The van der Waals surface area contributed by atoms with Gasteiger partial charge in [0.1, 0.15) is 0 Å². The van der Waals surface area contributed by atoms with E-state index < -0.39 is 0 Å². The van der Waals surface area contributed by atoms with Crippen LogP contribution in [0, 0.1) is 0 Å². The van der Waals surface area contributed by atoms with Crippen molar-refractivity contribution in [2.75, 3.05) is 7.11 Å². The summed E-state index contributed by atoms with van der Waals surface area (Å²) >= 11 is 0. The van der Waals surface area contributed by atoms with E-state index in [-0.39, 0.29) is 18.4 Å². The predicted molar refractivity (Wildman–Crippen MR) is 62.0 cm³/mol. The molecule has 0 radical (unpaired) electrons. The molecule has 0 aromatic heterocycles. The van der Waals surface area contributed by atoms with E-state index in [9.17, 15) is 4.79 Å². The Kier molecular flexibility index (Phi) is 3.25. The Bertz CT molecular complexity index is 401. The second kappa shape index (κ2) is 4.66. The first-order valence-corrected chi connectivity index (χ1v) is 5.65. The maximum atomic E-state index is 11.1. The standard InChI is InChI=1S/C13H17NO2/c1-16-13(15)8-12(14)11-6-5-9-3-2-4-10(9)7-11/h5-7,12H,2-4,8,14H2,1H3/t12-/m1/s1. The minimum Gasteiger partial charge on any atom is -0.469 e. The zero-order chi connectivity index (χ0) is 11.5. The summed E-state index contributed by atoms with van der Waals surface area (Å²) in [7, 11) is 1.39. The van der Waals surface area contributed by atoms with Crippen molar-refractivity contribution in [2.24, 2.45) is 5.73 Å². The summed E-state index contributed by atoms with van der Waals surface area (Å²) in [6, 6.07) is 6.04. The summed E-state index contributed by atoms with van der Waals surface area (Å²) in [5.41, 5.74) is 9.81. The lowest BCUT2D eigenvalue weighted by atomic mass is 10.00. The molecule has 2 rings (SSSR count). The molecule has 1 atom stereocenters. The third kappa shape index (κ3) is 2.25. The number of carbonyl (C=O) groups excluding carboxylic acids is 1. The normalized spacial score (nSPS) is 15.6. The van der Waals surface area contributed by atoms with E-state index in [2.05, 4.69) is 16.9 Å². The lowest BCUT2D eigenvalue weighted by Crippen LogP contribution is -2.16. The van der Waals surface area contributed by atoms with Gasteiger partial charge in [-0.05, 0) is 36.0 Å². The molecule has 1 aromatic rings. The van der Waals surface area contributed by atoms with Gasteiger partial charge in [-0.25, -0.2) is 0 Å². The van der Waals surface area contributed by atoms with Crippen LogP contribution in [-0.2, 0) is 22.4 Å². The number of hydrogen-bond donors (Lipinski definition) is 1. The molecule has 1 aromatic carbocycles. The first kappa shape index (κ1) is 11.1. The SMILES string of the molecule is COC(=O)C[C@@H](N)c1ccc2c(c1)CCC2. The summed E-state index contributed by atoms with van der Waals surface area (Å²) in [5.74, 6) is -0.256. The number of rotatable bonds is 3. The Morgan fingerprint density at radius 1 is 1.44 bits per heavy atom. The number of nitrogens with two attached hydrogens (primary N) is 1. The highest BCUT2D eigenvalue weighted by molar-refractivity contribution is 5.70. The van der Waals surface area contributed by atoms with Crippen LogP contribution in [0.2, 0.25) is 0 Å². The van der Waals surface area contributed by atoms with Crippen LogP contribution in [0.15, 0.2) is 18.2 Å². The summed E-state index contributed by atoms with van der Waals surface area (Å²) in [6.45, 7) is 0. The molecule has 3 heteroatoms. The molecular formula is C13H17NO2. The van der Waals surface area contributed by atoms with Gasteiger partial charge in [0.25, 0.3) is 0 Å². The number of esters is 1. The smallest absolute Gasteiger partial charge is 0.307 e. The number of fused-ring (bicyclic) bond motifs is 1. The molecule has 1 aliphatic carbocycles. The van der Waals surface area contributed by atoms with E-state index in [0.29, 0.717) is 0 Å². The number of benzene rings is 1. The Hall–Kier alpha value is -1.35. The van der Waals surface area contributed by atoms with Crippen LogP contribution in [0.4, 0.5) is 0 Å². The molecule has 0 saturated carbocycles. The van der Waals surface area contributed by atoms with Crippen molar-refractivity contribution in [3.8, 4) is 0 Å². The lowest BCUT2D eigenvalue weighted by molar-refractivity contribution is -0.141. The fourth-order valence-corrected chi connectivity index (χ4v) is 2.20. The van der Waals surface area contributed by atoms with Gasteiger partial charge in [0, 0.05) is 6.04 Å². The van der Waals surface area contributed by atoms with E-state index >= 15 is 0 Å². The van der Waals surface area contributed by atoms with Gasteiger partial charge in [0.05, 0.1) is 13.5 Å². The average Bonchev–Trinajstić information content (AvgIpc) is 2.75. The third-order valence-corrected chi connectivity index (χ3v) is 3.16. The van der Waals surface area contributed by atoms with Crippen LogP contribution >= 0.6 is 0 Å². The van der Waals surface area contributed by atoms with E-state index in [0.717, 1.165) is 12.0 Å². The zero-order valence-corrected chi connectivity index (χ0v) is 9.53. The summed E-state index contributed by atoms with van der Waals surface area (Å²) in [5, 5.41) is 0. The molecular weight excluding hydrogens is 202 g/mol. The lowest BCUT2D eigenvalue weighted by Gasteiger charge is -2.12. The van der Waals surface area contributed by atoms with Gasteiger partial charge in [0.2, 0.25) is 0 Å². The highest BCUT2D eigenvalue weighted by Crippen LogP contribution is 2.25. The molecule has 0 spiro atoms. The molecule has 0 aliphatic heterocycles. The van der Waals surface area contributed by atoms with Gasteiger partial charge in [-0.15, -0.1) is 0 Å². The van der Waals surface area contributed by atoms with Crippen molar-refractivity contribution in [1.29, 1.82) is 0 Å². The first-order chi connectivity index (χ1) is 7.70. The summed E-state index contributed by atoms with van der Waals surface area (Å²) < 4.78 is 4.62. The van der Waals surface area contributed by atoms with Gasteiger partial charge in [-0.2, -0.15) is 0 Å². The summed E-state index contributed by atoms with van der Waals surface area (Å²) in [6.07, 6.45) is 3.77. The van der Waals surface area contributed by atoms with E-state index in [1.165, 1.54) is 31.1 Å². The quantitative estimate of drug-likeness (QED) is 0.788. The fraction of sp³-hybridized carbons (Fsp3) is 0.462. The molecule has 2 N–H and O–H groups in total. The van der Waals surface area contributed by atoms with Crippen molar-refractivity contribution in [1.82, 2.24) is 0 Å².